The number of nitrogens with two attached hydrogens (primary N) is 1. The molecule has 0 amide bonds. The molecule has 182 valence electrons. The summed E-state index contributed by atoms with van der Waals surface area (Å²) >= 11 is 0. The number of imidazole rings is 1. The molecular formula is C23H23F3N7O2+. The van der Waals surface area contributed by atoms with Crippen LogP contribution in [0.1, 0.15) is 11.4 Å². The van der Waals surface area contributed by atoms with E-state index in [1.165, 1.54) is 24.3 Å². The fourth-order valence-electron chi connectivity index (χ4n) is 3.93. The lowest BCUT2D eigenvalue weighted by Crippen LogP contribution is -2.89. The van der Waals surface area contributed by atoms with Gasteiger partial charge in [-0.2, -0.15) is 4.98 Å². The zero-order valence-electron chi connectivity index (χ0n) is 18.9. The van der Waals surface area contributed by atoms with Crippen LogP contribution >= 0.6 is 0 Å². The number of halogens is 3. The highest BCUT2D eigenvalue weighted by atomic mass is 19.4. The lowest BCUT2D eigenvalue weighted by molar-refractivity contribution is -0.655. The molecule has 0 spiro atoms. The molecule has 1 aromatic carbocycles. The van der Waals surface area contributed by atoms with Crippen molar-refractivity contribution in [2.24, 2.45) is 7.05 Å². The van der Waals surface area contributed by atoms with Gasteiger partial charge in [0.2, 0.25) is 5.82 Å². The second-order valence-corrected chi connectivity index (χ2v) is 8.20. The van der Waals surface area contributed by atoms with Crippen LogP contribution in [-0.4, -0.2) is 57.2 Å². The van der Waals surface area contributed by atoms with Crippen LogP contribution in [0.2, 0.25) is 0 Å². The van der Waals surface area contributed by atoms with Gasteiger partial charge in [0.1, 0.15) is 23.1 Å². The predicted octanol–water partition coefficient (Wildman–Crippen LogP) is 2.40. The van der Waals surface area contributed by atoms with Crippen molar-refractivity contribution in [2.45, 2.75) is 12.8 Å². The standard InChI is InChI=1S/C23H22F3N7O2/c1-32-14-18(22-30-21(31-35-22)16-2-4-17(5-3-16)34-23(24,25)26)29-20(32)13-15-6-7-28-19(12-15)33-10-8-27-9-11-33/h2-7,12,14,27H,8-11,13H2,1H3/p+1. The van der Waals surface area contributed by atoms with E-state index >= 15 is 0 Å². The number of nitrogens with zero attached hydrogens (tertiary/aromatic N) is 6. The molecule has 0 atom stereocenters. The molecule has 0 saturated carbocycles. The van der Waals surface area contributed by atoms with Gasteiger partial charge in [0.05, 0.1) is 26.2 Å². The monoisotopic (exact) mass is 486 g/mol. The zero-order valence-corrected chi connectivity index (χ0v) is 18.9. The first-order valence-corrected chi connectivity index (χ1v) is 11.1. The van der Waals surface area contributed by atoms with E-state index in [-0.39, 0.29) is 17.5 Å². The number of hydrogen-bond donors (Lipinski definition) is 1. The minimum atomic E-state index is -4.75. The van der Waals surface area contributed by atoms with Crippen molar-refractivity contribution in [3.63, 3.8) is 0 Å². The molecule has 4 heterocycles. The van der Waals surface area contributed by atoms with E-state index in [1.54, 1.807) is 6.20 Å². The Kier molecular flexibility index (Phi) is 6.12. The number of benzene rings is 1. The Hall–Kier alpha value is -3.93. The number of pyridine rings is 1. The third kappa shape index (κ3) is 5.43. The molecule has 0 aliphatic carbocycles. The van der Waals surface area contributed by atoms with Gasteiger partial charge in [0, 0.05) is 31.4 Å². The average Bonchev–Trinajstić information content (AvgIpc) is 3.47. The second-order valence-electron chi connectivity index (χ2n) is 8.20. The number of piperazine rings is 1. The third-order valence-electron chi connectivity index (χ3n) is 5.67. The summed E-state index contributed by atoms with van der Waals surface area (Å²) in [6, 6.07) is 9.33. The summed E-state index contributed by atoms with van der Waals surface area (Å²) < 4.78 is 48.2. The van der Waals surface area contributed by atoms with Crippen molar-refractivity contribution >= 4 is 5.82 Å². The lowest BCUT2D eigenvalue weighted by atomic mass is 10.2. The Morgan fingerprint density at radius 1 is 1.09 bits per heavy atom. The molecule has 1 aliphatic rings. The molecular weight excluding hydrogens is 463 g/mol. The van der Waals surface area contributed by atoms with Crippen molar-refractivity contribution in [3.05, 3.63) is 60.2 Å². The van der Waals surface area contributed by atoms with Gasteiger partial charge in [-0.05, 0) is 42.0 Å². The maximum atomic E-state index is 12.4. The molecule has 3 aromatic heterocycles. The summed E-state index contributed by atoms with van der Waals surface area (Å²) in [5.41, 5.74) is 2.10. The zero-order chi connectivity index (χ0) is 24.4. The summed E-state index contributed by atoms with van der Waals surface area (Å²) in [6.45, 7) is 4.07. The Balaban J connectivity index is 1.30. The largest absolute Gasteiger partial charge is 0.573 e. The quantitative estimate of drug-likeness (QED) is 0.447. The molecule has 4 aromatic rings. The molecule has 0 radical (unpaired) electrons. The predicted molar refractivity (Wildman–Crippen MR) is 120 cm³/mol. The van der Waals surface area contributed by atoms with Gasteiger partial charge in [0.25, 0.3) is 5.89 Å². The van der Waals surface area contributed by atoms with E-state index in [2.05, 4.69) is 41.1 Å². The van der Waals surface area contributed by atoms with Gasteiger partial charge in [-0.3, -0.25) is 0 Å². The van der Waals surface area contributed by atoms with E-state index in [9.17, 15) is 13.2 Å². The second kappa shape index (κ2) is 9.37. The number of ether oxygens (including phenoxy) is 1. The van der Waals surface area contributed by atoms with Crippen molar-refractivity contribution in [3.8, 4) is 28.7 Å². The number of alkyl halides is 3. The molecule has 1 aliphatic heterocycles. The fourth-order valence-corrected chi connectivity index (χ4v) is 3.93. The van der Waals surface area contributed by atoms with Gasteiger partial charge in [0.15, 0.2) is 0 Å². The van der Waals surface area contributed by atoms with Crippen LogP contribution in [0.4, 0.5) is 19.0 Å². The number of rotatable bonds is 6. The smallest absolute Gasteiger partial charge is 0.406 e. The molecule has 1 fully saturated rings. The number of hydrogen-bond acceptors (Lipinski definition) is 7. The highest BCUT2D eigenvalue weighted by molar-refractivity contribution is 5.58. The summed E-state index contributed by atoms with van der Waals surface area (Å²) in [7, 11) is 1.89. The molecule has 35 heavy (non-hydrogen) atoms. The van der Waals surface area contributed by atoms with Gasteiger partial charge in [-0.25, -0.2) is 9.97 Å². The molecule has 0 bridgehead atoms. The van der Waals surface area contributed by atoms with E-state index < -0.39 is 6.36 Å². The summed E-state index contributed by atoms with van der Waals surface area (Å²) in [6.07, 6.45) is -0.521. The molecule has 9 nitrogen and oxygen atoms in total. The van der Waals surface area contributed by atoms with Gasteiger partial charge < -0.3 is 24.0 Å². The summed E-state index contributed by atoms with van der Waals surface area (Å²) in [5.74, 6) is 1.92. The topological polar surface area (TPSA) is 98.7 Å². The molecule has 5 rings (SSSR count). The number of aromatic nitrogens is 5. The van der Waals surface area contributed by atoms with Crippen molar-refractivity contribution in [1.82, 2.24) is 24.7 Å². The highest BCUT2D eigenvalue weighted by Crippen LogP contribution is 2.27. The number of quaternary nitrogens is 1. The van der Waals surface area contributed by atoms with E-state index in [0.717, 1.165) is 43.4 Å². The van der Waals surface area contributed by atoms with Gasteiger partial charge in [-0.15, -0.1) is 13.2 Å². The van der Waals surface area contributed by atoms with Crippen molar-refractivity contribution in [1.29, 1.82) is 0 Å². The highest BCUT2D eigenvalue weighted by Gasteiger charge is 2.31. The SMILES string of the molecule is Cn1cc(-c2nc(-c3ccc(OC(F)(F)F)cc3)no2)nc1Cc1ccnc(N2CC[NH2+]CC2)c1. The van der Waals surface area contributed by atoms with Crippen LogP contribution in [0.3, 0.4) is 0 Å². The maximum absolute atomic E-state index is 12.4. The van der Waals surface area contributed by atoms with Crippen LogP contribution in [0.15, 0.2) is 53.3 Å². The Morgan fingerprint density at radius 2 is 1.86 bits per heavy atom. The van der Waals surface area contributed by atoms with Gasteiger partial charge >= 0.3 is 6.36 Å². The van der Waals surface area contributed by atoms with Crippen molar-refractivity contribution in [2.75, 3.05) is 31.1 Å². The summed E-state index contributed by atoms with van der Waals surface area (Å²) in [4.78, 5) is 15.8. The maximum Gasteiger partial charge on any atom is 0.573 e. The Bertz CT molecular complexity index is 1300. The fraction of sp³-hybridized carbons (Fsp3) is 0.304. The molecule has 0 unspecified atom stereocenters. The van der Waals surface area contributed by atoms with Crippen LogP contribution < -0.4 is 15.0 Å². The molecule has 2 N–H and O–H groups in total. The number of anilines is 1. The Morgan fingerprint density at radius 3 is 2.60 bits per heavy atom. The minimum Gasteiger partial charge on any atom is -0.406 e. The van der Waals surface area contributed by atoms with Gasteiger partial charge in [-0.1, -0.05) is 5.16 Å². The van der Waals surface area contributed by atoms with Crippen LogP contribution in [-0.2, 0) is 13.5 Å². The first-order valence-electron chi connectivity index (χ1n) is 11.1. The molecule has 12 heteroatoms. The van der Waals surface area contributed by atoms with Crippen molar-refractivity contribution < 1.29 is 27.7 Å². The van der Waals surface area contributed by atoms with Crippen LogP contribution in [0.25, 0.3) is 23.0 Å². The van der Waals surface area contributed by atoms with Crippen LogP contribution in [0, 0.1) is 0 Å². The Labute approximate surface area is 198 Å². The minimum absolute atomic E-state index is 0.220. The van der Waals surface area contributed by atoms with E-state index in [1.807, 2.05) is 23.9 Å². The van der Waals surface area contributed by atoms with Crippen LogP contribution in [0.5, 0.6) is 5.75 Å². The average molecular weight is 486 g/mol. The van der Waals surface area contributed by atoms with E-state index in [0.29, 0.717) is 17.7 Å². The normalized spacial score (nSPS) is 14.3. The number of aryl methyl sites for hydroxylation is 1. The van der Waals surface area contributed by atoms with E-state index in [4.69, 9.17) is 4.52 Å². The molecule has 1 saturated heterocycles. The first kappa shape index (κ1) is 22.8. The first-order chi connectivity index (χ1) is 16.8. The third-order valence-corrected chi connectivity index (χ3v) is 5.67. The summed E-state index contributed by atoms with van der Waals surface area (Å²) in [5, 5.41) is 6.24. The lowest BCUT2D eigenvalue weighted by Gasteiger charge is -2.26.